The molecule has 1 aromatic rings. The zero-order valence-corrected chi connectivity index (χ0v) is 10.8. The van der Waals surface area contributed by atoms with E-state index in [0.29, 0.717) is 12.2 Å². The Labute approximate surface area is 102 Å². The van der Waals surface area contributed by atoms with Gasteiger partial charge < -0.3 is 5.73 Å². The zero-order chi connectivity index (χ0) is 12.5. The highest BCUT2D eigenvalue weighted by atomic mass is 32.2. The minimum absolute atomic E-state index is 0.129. The predicted molar refractivity (Wildman–Crippen MR) is 69.5 cm³/mol. The minimum Gasteiger partial charge on any atom is -0.330 e. The third kappa shape index (κ3) is 2.61. The third-order valence-electron chi connectivity index (χ3n) is 3.50. The van der Waals surface area contributed by atoms with Crippen LogP contribution in [0.3, 0.4) is 0 Å². The molecule has 0 spiro atoms. The number of nitrogens with one attached hydrogen (secondary N) is 1. The van der Waals surface area contributed by atoms with E-state index in [-0.39, 0.29) is 5.41 Å². The molecule has 5 heteroatoms. The van der Waals surface area contributed by atoms with Gasteiger partial charge in [0.15, 0.2) is 0 Å². The first-order valence-electron chi connectivity index (χ1n) is 5.74. The molecule has 0 bridgehead atoms. The molecule has 0 aromatic heterocycles. The average molecular weight is 254 g/mol. The maximum atomic E-state index is 11.1. The topological polar surface area (TPSA) is 72.2 Å². The second-order valence-corrected chi connectivity index (χ2v) is 6.54. The van der Waals surface area contributed by atoms with Crippen LogP contribution in [0.15, 0.2) is 24.3 Å². The summed E-state index contributed by atoms with van der Waals surface area (Å²) in [5.74, 6) is 0. The van der Waals surface area contributed by atoms with Crippen molar-refractivity contribution < 1.29 is 8.42 Å². The largest absolute Gasteiger partial charge is 0.330 e. The van der Waals surface area contributed by atoms with Crippen LogP contribution >= 0.6 is 0 Å². The summed E-state index contributed by atoms with van der Waals surface area (Å²) < 4.78 is 24.6. The van der Waals surface area contributed by atoms with Gasteiger partial charge in [0.1, 0.15) is 0 Å². The van der Waals surface area contributed by atoms with Gasteiger partial charge in [0.2, 0.25) is 10.0 Å². The predicted octanol–water partition coefficient (Wildman–Crippen LogP) is 1.44. The molecule has 17 heavy (non-hydrogen) atoms. The molecule has 0 atom stereocenters. The highest BCUT2D eigenvalue weighted by molar-refractivity contribution is 7.92. The standard InChI is InChI=1S/C12H18N2O2S/c1-17(15,16)14-11-5-3-10(4-6-11)12(9-13)7-2-8-12/h3-6,14H,2,7-9,13H2,1H3. The van der Waals surface area contributed by atoms with Crippen LogP contribution in [-0.2, 0) is 15.4 Å². The molecule has 0 aliphatic heterocycles. The fraction of sp³-hybridized carbons (Fsp3) is 0.500. The van der Waals surface area contributed by atoms with Crippen molar-refractivity contribution in [1.82, 2.24) is 0 Å². The van der Waals surface area contributed by atoms with Gasteiger partial charge in [0.25, 0.3) is 0 Å². The first kappa shape index (κ1) is 12.4. The second-order valence-electron chi connectivity index (χ2n) is 4.79. The van der Waals surface area contributed by atoms with E-state index in [0.717, 1.165) is 19.1 Å². The lowest BCUT2D eigenvalue weighted by molar-refractivity contribution is 0.253. The van der Waals surface area contributed by atoms with E-state index < -0.39 is 10.0 Å². The van der Waals surface area contributed by atoms with Crippen molar-refractivity contribution in [3.8, 4) is 0 Å². The average Bonchev–Trinajstić information content (AvgIpc) is 2.17. The van der Waals surface area contributed by atoms with Crippen LogP contribution < -0.4 is 10.5 Å². The Hall–Kier alpha value is -1.07. The van der Waals surface area contributed by atoms with Gasteiger partial charge in [-0.3, -0.25) is 4.72 Å². The molecule has 4 nitrogen and oxygen atoms in total. The summed E-state index contributed by atoms with van der Waals surface area (Å²) in [6, 6.07) is 7.54. The number of hydrogen-bond donors (Lipinski definition) is 2. The lowest BCUT2D eigenvalue weighted by Gasteiger charge is -2.41. The number of sulfonamides is 1. The number of anilines is 1. The van der Waals surface area contributed by atoms with Gasteiger partial charge in [-0.25, -0.2) is 8.42 Å². The van der Waals surface area contributed by atoms with Crippen molar-refractivity contribution >= 4 is 15.7 Å². The van der Waals surface area contributed by atoms with Crippen LogP contribution in [0, 0.1) is 0 Å². The van der Waals surface area contributed by atoms with Crippen LogP contribution in [-0.4, -0.2) is 21.2 Å². The monoisotopic (exact) mass is 254 g/mol. The molecule has 0 radical (unpaired) electrons. The SMILES string of the molecule is CS(=O)(=O)Nc1ccc(C2(CN)CCC2)cc1. The fourth-order valence-electron chi connectivity index (χ4n) is 2.32. The Bertz CT molecular complexity index is 484. The smallest absolute Gasteiger partial charge is 0.229 e. The van der Waals surface area contributed by atoms with Crippen molar-refractivity contribution in [2.75, 3.05) is 17.5 Å². The van der Waals surface area contributed by atoms with E-state index in [9.17, 15) is 8.42 Å². The highest BCUT2D eigenvalue weighted by Crippen LogP contribution is 2.42. The summed E-state index contributed by atoms with van der Waals surface area (Å²) >= 11 is 0. The van der Waals surface area contributed by atoms with Crippen molar-refractivity contribution in [2.24, 2.45) is 5.73 Å². The van der Waals surface area contributed by atoms with Crippen LogP contribution in [0.25, 0.3) is 0 Å². The van der Waals surface area contributed by atoms with Crippen LogP contribution in [0.2, 0.25) is 0 Å². The first-order chi connectivity index (χ1) is 7.95. The van der Waals surface area contributed by atoms with E-state index in [2.05, 4.69) is 4.72 Å². The van der Waals surface area contributed by atoms with Crippen LogP contribution in [0.4, 0.5) is 5.69 Å². The summed E-state index contributed by atoms with van der Waals surface area (Å²) in [7, 11) is -3.20. The number of benzene rings is 1. The molecule has 1 aliphatic rings. The van der Waals surface area contributed by atoms with Gasteiger partial charge in [-0.1, -0.05) is 18.6 Å². The van der Waals surface area contributed by atoms with E-state index in [1.54, 1.807) is 12.1 Å². The number of rotatable bonds is 4. The van der Waals surface area contributed by atoms with Crippen molar-refractivity contribution in [3.63, 3.8) is 0 Å². The Balaban J connectivity index is 2.18. The molecule has 1 saturated carbocycles. The Morgan fingerprint density at radius 2 is 1.88 bits per heavy atom. The lowest BCUT2D eigenvalue weighted by Crippen LogP contribution is -2.41. The van der Waals surface area contributed by atoms with Gasteiger partial charge in [0.05, 0.1) is 6.26 Å². The molecular weight excluding hydrogens is 236 g/mol. The molecule has 0 amide bonds. The van der Waals surface area contributed by atoms with E-state index in [1.165, 1.54) is 12.0 Å². The van der Waals surface area contributed by atoms with Crippen molar-refractivity contribution in [3.05, 3.63) is 29.8 Å². The van der Waals surface area contributed by atoms with Crippen LogP contribution in [0.1, 0.15) is 24.8 Å². The van der Waals surface area contributed by atoms with Gasteiger partial charge in [-0.2, -0.15) is 0 Å². The van der Waals surface area contributed by atoms with Gasteiger partial charge in [-0.15, -0.1) is 0 Å². The molecule has 3 N–H and O–H groups in total. The summed E-state index contributed by atoms with van der Waals surface area (Å²) in [6.45, 7) is 0.659. The Morgan fingerprint density at radius 1 is 1.29 bits per heavy atom. The molecule has 0 saturated heterocycles. The summed E-state index contributed by atoms with van der Waals surface area (Å²) in [5.41, 5.74) is 7.77. The van der Waals surface area contributed by atoms with Gasteiger partial charge in [-0.05, 0) is 30.5 Å². The second kappa shape index (κ2) is 4.31. The molecule has 1 aromatic carbocycles. The highest BCUT2D eigenvalue weighted by Gasteiger charge is 2.36. The fourth-order valence-corrected chi connectivity index (χ4v) is 2.88. The zero-order valence-electron chi connectivity index (χ0n) is 9.94. The van der Waals surface area contributed by atoms with E-state index in [1.807, 2.05) is 12.1 Å². The Kier molecular flexibility index (Phi) is 3.14. The minimum atomic E-state index is -3.20. The first-order valence-corrected chi connectivity index (χ1v) is 7.63. The van der Waals surface area contributed by atoms with Gasteiger partial charge in [0, 0.05) is 17.6 Å². The normalized spacial score (nSPS) is 18.5. The Morgan fingerprint density at radius 3 is 2.24 bits per heavy atom. The third-order valence-corrected chi connectivity index (χ3v) is 4.11. The quantitative estimate of drug-likeness (QED) is 0.854. The molecule has 0 heterocycles. The summed E-state index contributed by atoms with van der Waals surface area (Å²) in [4.78, 5) is 0. The number of nitrogens with two attached hydrogens (primary N) is 1. The molecule has 0 unspecified atom stereocenters. The lowest BCUT2D eigenvalue weighted by atomic mass is 9.64. The summed E-state index contributed by atoms with van der Waals surface area (Å²) in [5, 5.41) is 0. The molecule has 94 valence electrons. The van der Waals surface area contributed by atoms with Gasteiger partial charge >= 0.3 is 0 Å². The number of hydrogen-bond acceptors (Lipinski definition) is 3. The maximum absolute atomic E-state index is 11.1. The molecule has 2 rings (SSSR count). The van der Waals surface area contributed by atoms with E-state index >= 15 is 0 Å². The molecule has 1 aliphatic carbocycles. The van der Waals surface area contributed by atoms with Crippen molar-refractivity contribution in [2.45, 2.75) is 24.7 Å². The van der Waals surface area contributed by atoms with E-state index in [4.69, 9.17) is 5.73 Å². The maximum Gasteiger partial charge on any atom is 0.229 e. The molecule has 1 fully saturated rings. The van der Waals surface area contributed by atoms with Crippen molar-refractivity contribution in [1.29, 1.82) is 0 Å². The molecular formula is C12H18N2O2S. The van der Waals surface area contributed by atoms with Crippen LogP contribution in [0.5, 0.6) is 0 Å². The summed E-state index contributed by atoms with van der Waals surface area (Å²) in [6.07, 6.45) is 4.62.